The molecule has 0 radical (unpaired) electrons. The van der Waals surface area contributed by atoms with E-state index in [1.54, 1.807) is 28.2 Å². The van der Waals surface area contributed by atoms with Crippen LogP contribution in [0.25, 0.3) is 0 Å². The zero-order valence-corrected chi connectivity index (χ0v) is 16.8. The molecule has 6 nitrogen and oxygen atoms in total. The quantitative estimate of drug-likeness (QED) is 0.772. The molecule has 7 heteroatoms. The van der Waals surface area contributed by atoms with Gasteiger partial charge in [-0.2, -0.15) is 0 Å². The number of nitrogens with zero attached hydrogens (tertiary/aromatic N) is 2. The van der Waals surface area contributed by atoms with Gasteiger partial charge in [-0.15, -0.1) is 0 Å². The van der Waals surface area contributed by atoms with Gasteiger partial charge in [0.1, 0.15) is 11.9 Å². The Kier molecular flexibility index (Phi) is 5.81. The maximum absolute atomic E-state index is 13.2. The molecule has 2 aliphatic rings. The third-order valence-corrected chi connectivity index (χ3v) is 5.66. The van der Waals surface area contributed by atoms with Crippen LogP contribution in [0.15, 0.2) is 60.9 Å². The molecule has 156 valence electrons. The van der Waals surface area contributed by atoms with Gasteiger partial charge in [-0.1, -0.05) is 36.4 Å². The topological polar surface area (TPSA) is 64.7 Å². The van der Waals surface area contributed by atoms with Gasteiger partial charge in [-0.3, -0.25) is 9.59 Å². The normalized spacial score (nSPS) is 20.4. The maximum atomic E-state index is 13.2. The molecule has 4 rings (SSSR count). The molecule has 2 aromatic rings. The molecule has 0 bridgehead atoms. The number of fused-ring (bicyclic) bond motifs is 1. The molecule has 2 aromatic carbocycles. The molecule has 2 atom stereocenters. The first-order valence-electron chi connectivity index (χ1n) is 10.1. The molecule has 30 heavy (non-hydrogen) atoms. The van der Waals surface area contributed by atoms with Gasteiger partial charge in [0.05, 0.1) is 6.04 Å². The van der Waals surface area contributed by atoms with Crippen molar-refractivity contribution >= 4 is 11.8 Å². The van der Waals surface area contributed by atoms with Crippen LogP contribution in [0.2, 0.25) is 0 Å². The fraction of sp³-hybridized carbons (Fsp3) is 0.304. The van der Waals surface area contributed by atoms with Crippen LogP contribution in [0.4, 0.5) is 4.39 Å². The first-order valence-corrected chi connectivity index (χ1v) is 10.1. The van der Waals surface area contributed by atoms with E-state index in [-0.39, 0.29) is 36.1 Å². The first-order chi connectivity index (χ1) is 14.5. The number of hydrogen-bond acceptors (Lipinski definition) is 4. The van der Waals surface area contributed by atoms with E-state index in [4.69, 9.17) is 0 Å². The second kappa shape index (κ2) is 8.67. The Bertz CT molecular complexity index is 960. The Labute approximate surface area is 175 Å². The van der Waals surface area contributed by atoms with E-state index in [2.05, 4.69) is 10.7 Å². The highest BCUT2D eigenvalue weighted by Crippen LogP contribution is 2.30. The van der Waals surface area contributed by atoms with Crippen molar-refractivity contribution in [2.75, 3.05) is 6.54 Å². The highest BCUT2D eigenvalue weighted by atomic mass is 19.1. The second-order valence-electron chi connectivity index (χ2n) is 7.67. The van der Waals surface area contributed by atoms with E-state index in [1.165, 1.54) is 12.1 Å². The van der Waals surface area contributed by atoms with Crippen LogP contribution in [-0.2, 0) is 16.1 Å². The Balaban J connectivity index is 1.29. The summed E-state index contributed by atoms with van der Waals surface area (Å²) in [5, 5.41) is 4.72. The summed E-state index contributed by atoms with van der Waals surface area (Å²) in [5.41, 5.74) is 6.44. The summed E-state index contributed by atoms with van der Waals surface area (Å²) in [5.74, 6) is -0.408. The van der Waals surface area contributed by atoms with Crippen molar-refractivity contribution < 1.29 is 14.0 Å². The molecule has 0 aromatic heterocycles. The van der Waals surface area contributed by atoms with E-state index < -0.39 is 0 Å². The minimum atomic E-state index is -0.333. The van der Waals surface area contributed by atoms with Gasteiger partial charge in [0, 0.05) is 31.9 Å². The Hall–Kier alpha value is -3.19. The fourth-order valence-electron chi connectivity index (χ4n) is 3.85. The minimum Gasteiger partial charge on any atom is -0.352 e. The van der Waals surface area contributed by atoms with E-state index in [9.17, 15) is 14.0 Å². The lowest BCUT2D eigenvalue weighted by molar-refractivity contribution is -0.134. The van der Waals surface area contributed by atoms with Crippen molar-refractivity contribution in [3.05, 3.63) is 83.4 Å². The summed E-state index contributed by atoms with van der Waals surface area (Å²) in [6, 6.07) is 13.9. The van der Waals surface area contributed by atoms with E-state index >= 15 is 0 Å². The predicted molar refractivity (Wildman–Crippen MR) is 111 cm³/mol. The SMILES string of the molecule is Cc1ccccc1CNC(=O)CCN1C=CN2NC(c3ccc(F)cc3)CC2C1=O. The molecular weight excluding hydrogens is 383 g/mol. The molecular formula is C23H25FN4O2. The number of nitrogens with one attached hydrogen (secondary N) is 2. The zero-order valence-electron chi connectivity index (χ0n) is 16.8. The molecule has 2 N–H and O–H groups in total. The van der Waals surface area contributed by atoms with Crippen LogP contribution in [0, 0.1) is 12.7 Å². The van der Waals surface area contributed by atoms with Crippen molar-refractivity contribution in [1.82, 2.24) is 20.7 Å². The van der Waals surface area contributed by atoms with Gasteiger partial charge in [0.25, 0.3) is 5.91 Å². The third-order valence-electron chi connectivity index (χ3n) is 5.66. The molecule has 0 saturated carbocycles. The van der Waals surface area contributed by atoms with Gasteiger partial charge >= 0.3 is 0 Å². The van der Waals surface area contributed by atoms with Gasteiger partial charge in [-0.05, 0) is 42.2 Å². The van der Waals surface area contributed by atoms with Crippen molar-refractivity contribution in [1.29, 1.82) is 0 Å². The lowest BCUT2D eigenvalue weighted by Crippen LogP contribution is -2.48. The number of carbonyl (C=O) groups excluding carboxylic acids is 2. The monoisotopic (exact) mass is 408 g/mol. The Morgan fingerprint density at radius 3 is 2.70 bits per heavy atom. The molecule has 1 fully saturated rings. The highest BCUT2D eigenvalue weighted by Gasteiger charge is 2.39. The maximum Gasteiger partial charge on any atom is 0.250 e. The van der Waals surface area contributed by atoms with Crippen LogP contribution < -0.4 is 10.7 Å². The van der Waals surface area contributed by atoms with Crippen LogP contribution in [0.5, 0.6) is 0 Å². The standard InChI is InChI=1S/C23H25FN4O2/c1-16-4-2-3-5-18(16)15-25-22(29)10-11-27-12-13-28-21(23(27)30)14-20(26-28)17-6-8-19(24)9-7-17/h2-9,12-13,20-21,26H,10-11,14-15H2,1H3,(H,25,29). The lowest BCUT2D eigenvalue weighted by Gasteiger charge is -2.31. The number of hydrazine groups is 1. The molecule has 2 aliphatic heterocycles. The lowest BCUT2D eigenvalue weighted by atomic mass is 10.0. The predicted octanol–water partition coefficient (Wildman–Crippen LogP) is 2.77. The van der Waals surface area contributed by atoms with Crippen molar-refractivity contribution in [3.63, 3.8) is 0 Å². The first kappa shape index (κ1) is 20.1. The van der Waals surface area contributed by atoms with Gasteiger partial charge in [-0.25, -0.2) is 9.82 Å². The summed E-state index contributed by atoms with van der Waals surface area (Å²) in [4.78, 5) is 26.7. The average Bonchev–Trinajstić information content (AvgIpc) is 3.18. The fourth-order valence-corrected chi connectivity index (χ4v) is 3.85. The number of aryl methyl sites for hydroxylation is 1. The van der Waals surface area contributed by atoms with Gasteiger partial charge in [0.2, 0.25) is 5.91 Å². The molecule has 2 unspecified atom stereocenters. The number of rotatable bonds is 6. The van der Waals surface area contributed by atoms with Gasteiger partial charge in [0.15, 0.2) is 0 Å². The zero-order chi connectivity index (χ0) is 21.1. The number of amides is 2. The number of halogens is 1. The van der Waals surface area contributed by atoms with E-state index in [1.807, 2.05) is 37.4 Å². The molecule has 2 heterocycles. The summed E-state index contributed by atoms with van der Waals surface area (Å²) < 4.78 is 13.2. The summed E-state index contributed by atoms with van der Waals surface area (Å²) in [6.07, 6.45) is 4.35. The third kappa shape index (κ3) is 4.36. The van der Waals surface area contributed by atoms with Crippen LogP contribution >= 0.6 is 0 Å². The van der Waals surface area contributed by atoms with Crippen LogP contribution in [0.1, 0.15) is 35.6 Å². The molecule has 0 aliphatic carbocycles. The van der Waals surface area contributed by atoms with E-state index in [0.29, 0.717) is 19.5 Å². The molecule has 2 amide bonds. The van der Waals surface area contributed by atoms with E-state index in [0.717, 1.165) is 16.7 Å². The van der Waals surface area contributed by atoms with Gasteiger partial charge < -0.3 is 15.2 Å². The summed E-state index contributed by atoms with van der Waals surface area (Å²) in [7, 11) is 0. The summed E-state index contributed by atoms with van der Waals surface area (Å²) in [6.45, 7) is 2.83. The smallest absolute Gasteiger partial charge is 0.250 e. The van der Waals surface area contributed by atoms with Crippen molar-refractivity contribution in [2.24, 2.45) is 0 Å². The number of hydrogen-bond donors (Lipinski definition) is 2. The number of carbonyl (C=O) groups is 2. The largest absolute Gasteiger partial charge is 0.352 e. The Morgan fingerprint density at radius 1 is 1.17 bits per heavy atom. The minimum absolute atomic E-state index is 0.0404. The van der Waals surface area contributed by atoms with Crippen molar-refractivity contribution in [2.45, 2.75) is 38.4 Å². The summed E-state index contributed by atoms with van der Waals surface area (Å²) >= 11 is 0. The number of benzene rings is 2. The average molecular weight is 408 g/mol. The molecule has 1 saturated heterocycles. The van der Waals surface area contributed by atoms with Crippen LogP contribution in [-0.4, -0.2) is 34.3 Å². The van der Waals surface area contributed by atoms with Crippen molar-refractivity contribution in [3.8, 4) is 0 Å². The highest BCUT2D eigenvalue weighted by molar-refractivity contribution is 5.85. The second-order valence-corrected chi connectivity index (χ2v) is 7.67. The Morgan fingerprint density at radius 2 is 1.93 bits per heavy atom. The van der Waals surface area contributed by atoms with Crippen LogP contribution in [0.3, 0.4) is 0 Å². The molecule has 0 spiro atoms.